The van der Waals surface area contributed by atoms with Gasteiger partial charge in [0.05, 0.1) is 10.9 Å². The molecule has 1 unspecified atom stereocenters. The maximum atomic E-state index is 6.34. The molecule has 118 valence electrons. The van der Waals surface area contributed by atoms with Crippen LogP contribution in [0.25, 0.3) is 0 Å². The summed E-state index contributed by atoms with van der Waals surface area (Å²) < 4.78 is 0.934. The van der Waals surface area contributed by atoms with Crippen molar-refractivity contribution in [3.8, 4) is 0 Å². The van der Waals surface area contributed by atoms with Crippen LogP contribution in [0, 0.1) is 5.41 Å². The number of hydrogen-bond donors (Lipinski definition) is 1. The second-order valence-electron chi connectivity index (χ2n) is 6.38. The van der Waals surface area contributed by atoms with Crippen molar-refractivity contribution >= 4 is 34.3 Å². The number of nitrogens with one attached hydrogen (secondary N) is 1. The van der Waals surface area contributed by atoms with Crippen LogP contribution in [0.1, 0.15) is 29.8 Å². The van der Waals surface area contributed by atoms with E-state index in [0.717, 1.165) is 17.4 Å². The summed E-state index contributed by atoms with van der Waals surface area (Å²) in [7, 11) is 0. The van der Waals surface area contributed by atoms with E-state index < -0.39 is 0 Å². The first-order valence-electron chi connectivity index (χ1n) is 7.82. The van der Waals surface area contributed by atoms with Crippen molar-refractivity contribution in [2.45, 2.75) is 38.4 Å². The second kappa shape index (κ2) is 6.21. The Balaban J connectivity index is 1.52. The topological polar surface area (TPSA) is 28.2 Å². The number of hydrogen-bond acceptors (Lipinski definition) is 5. The van der Waals surface area contributed by atoms with Crippen molar-refractivity contribution in [1.29, 1.82) is 0 Å². The Labute approximate surface area is 144 Å². The third kappa shape index (κ3) is 2.97. The third-order valence-electron chi connectivity index (χ3n) is 5.08. The van der Waals surface area contributed by atoms with Gasteiger partial charge in [0.25, 0.3) is 0 Å². The van der Waals surface area contributed by atoms with E-state index in [4.69, 9.17) is 11.6 Å². The molecule has 3 heterocycles. The molecule has 1 spiro atoms. The number of halogens is 1. The Kier molecular flexibility index (Phi) is 4.26. The van der Waals surface area contributed by atoms with Crippen molar-refractivity contribution in [1.82, 2.24) is 15.2 Å². The molecule has 1 aliphatic carbocycles. The lowest BCUT2D eigenvalue weighted by Gasteiger charge is -2.29. The van der Waals surface area contributed by atoms with E-state index in [-0.39, 0.29) is 0 Å². The molecule has 1 saturated heterocycles. The van der Waals surface area contributed by atoms with Gasteiger partial charge in [-0.15, -0.1) is 22.7 Å². The van der Waals surface area contributed by atoms with Crippen LogP contribution in [0.4, 0.5) is 0 Å². The van der Waals surface area contributed by atoms with Gasteiger partial charge in [-0.2, -0.15) is 0 Å². The summed E-state index contributed by atoms with van der Waals surface area (Å²) in [6.45, 7) is 4.23. The van der Waals surface area contributed by atoms with Crippen molar-refractivity contribution < 1.29 is 0 Å². The first kappa shape index (κ1) is 15.1. The van der Waals surface area contributed by atoms with Gasteiger partial charge < -0.3 is 5.32 Å². The molecule has 6 heteroatoms. The largest absolute Gasteiger partial charge is 0.317 e. The fraction of sp³-hybridized carbons (Fsp3) is 0.562. The Morgan fingerprint density at radius 1 is 1.27 bits per heavy atom. The van der Waals surface area contributed by atoms with Gasteiger partial charge in [0.15, 0.2) is 0 Å². The molecule has 2 aromatic heterocycles. The molecule has 1 saturated carbocycles. The molecule has 4 rings (SSSR count). The summed E-state index contributed by atoms with van der Waals surface area (Å²) in [6, 6.07) is 2.86. The smallest absolute Gasteiger partial charge is 0.107 e. The molecule has 0 radical (unpaired) electrons. The van der Waals surface area contributed by atoms with E-state index in [2.05, 4.69) is 32.0 Å². The molecule has 2 fully saturated rings. The van der Waals surface area contributed by atoms with Gasteiger partial charge in [0.1, 0.15) is 5.01 Å². The summed E-state index contributed by atoms with van der Waals surface area (Å²) in [5.74, 6) is 0. The minimum atomic E-state index is 0.547. The van der Waals surface area contributed by atoms with Gasteiger partial charge in [-0.25, -0.2) is 4.98 Å². The third-order valence-corrected chi connectivity index (χ3v) is 7.09. The predicted octanol–water partition coefficient (Wildman–Crippen LogP) is 4.00. The quantitative estimate of drug-likeness (QED) is 0.880. The Hall–Kier alpha value is -0.460. The van der Waals surface area contributed by atoms with Crippen LogP contribution in [0.2, 0.25) is 4.34 Å². The molecule has 22 heavy (non-hydrogen) atoms. The van der Waals surface area contributed by atoms with Crippen LogP contribution in [-0.2, 0) is 13.1 Å². The number of rotatable bonds is 5. The highest BCUT2D eigenvalue weighted by atomic mass is 35.5. The van der Waals surface area contributed by atoms with Crippen molar-refractivity contribution in [2.75, 3.05) is 13.1 Å². The minimum absolute atomic E-state index is 0.547. The number of thiophene rings is 1. The average molecular weight is 354 g/mol. The van der Waals surface area contributed by atoms with E-state index in [0.29, 0.717) is 11.5 Å². The molecule has 0 amide bonds. The molecule has 3 nitrogen and oxygen atoms in total. The molecular formula is C16H20ClN3S2. The SMILES string of the molecule is Clc1sccc1CN(Cc1nccs1)C1CC12CCNCC2. The van der Waals surface area contributed by atoms with Gasteiger partial charge >= 0.3 is 0 Å². The van der Waals surface area contributed by atoms with Gasteiger partial charge in [-0.1, -0.05) is 11.6 Å². The van der Waals surface area contributed by atoms with Gasteiger partial charge in [-0.05, 0) is 54.8 Å². The molecule has 1 N–H and O–H groups in total. The highest BCUT2D eigenvalue weighted by Gasteiger charge is 2.56. The van der Waals surface area contributed by atoms with Gasteiger partial charge in [0.2, 0.25) is 0 Å². The van der Waals surface area contributed by atoms with E-state index in [9.17, 15) is 0 Å². The molecule has 1 atom stereocenters. The standard InChI is InChI=1S/C16H20ClN3S2/c17-15-12(1-7-22-15)10-20(11-14-19-6-8-21-14)13-9-16(13)2-4-18-5-3-16/h1,6-8,13,18H,2-5,9-11H2. The summed E-state index contributed by atoms with van der Waals surface area (Å²) in [5, 5.41) is 8.86. The highest BCUT2D eigenvalue weighted by Crippen LogP contribution is 2.56. The highest BCUT2D eigenvalue weighted by molar-refractivity contribution is 7.14. The molecule has 0 bridgehead atoms. The molecule has 1 aliphatic heterocycles. The van der Waals surface area contributed by atoms with Crippen LogP contribution in [-0.4, -0.2) is 29.0 Å². The summed E-state index contributed by atoms with van der Waals surface area (Å²) in [5.41, 5.74) is 1.81. The van der Waals surface area contributed by atoms with E-state index in [1.54, 1.807) is 22.7 Å². The van der Waals surface area contributed by atoms with E-state index >= 15 is 0 Å². The second-order valence-corrected chi connectivity index (χ2v) is 8.88. The number of piperidine rings is 1. The van der Waals surface area contributed by atoms with Crippen molar-refractivity contribution in [3.05, 3.63) is 37.9 Å². The van der Waals surface area contributed by atoms with Gasteiger partial charge in [-0.3, -0.25) is 4.90 Å². The number of aromatic nitrogens is 1. The van der Waals surface area contributed by atoms with E-state index in [1.807, 2.05) is 6.20 Å². The first-order valence-corrected chi connectivity index (χ1v) is 9.96. The Morgan fingerprint density at radius 3 is 2.82 bits per heavy atom. The fourth-order valence-electron chi connectivity index (χ4n) is 3.74. The van der Waals surface area contributed by atoms with Crippen molar-refractivity contribution in [3.63, 3.8) is 0 Å². The lowest BCUT2D eigenvalue weighted by atomic mass is 9.93. The summed E-state index contributed by atoms with van der Waals surface area (Å²) in [6.07, 6.45) is 5.86. The van der Waals surface area contributed by atoms with Crippen LogP contribution < -0.4 is 5.32 Å². The lowest BCUT2D eigenvalue weighted by Crippen LogP contribution is -2.35. The lowest BCUT2D eigenvalue weighted by molar-refractivity contribution is 0.188. The number of nitrogens with zero attached hydrogens (tertiary/aromatic N) is 2. The zero-order valence-electron chi connectivity index (χ0n) is 12.4. The normalized spacial score (nSPS) is 23.3. The van der Waals surface area contributed by atoms with Crippen LogP contribution in [0.3, 0.4) is 0 Å². The van der Waals surface area contributed by atoms with Crippen LogP contribution in [0.15, 0.2) is 23.0 Å². The van der Waals surface area contributed by atoms with Crippen LogP contribution >= 0.6 is 34.3 Å². The maximum Gasteiger partial charge on any atom is 0.107 e. The minimum Gasteiger partial charge on any atom is -0.317 e. The zero-order valence-corrected chi connectivity index (χ0v) is 14.8. The Morgan fingerprint density at radius 2 is 2.14 bits per heavy atom. The molecular weight excluding hydrogens is 334 g/mol. The predicted molar refractivity (Wildman–Crippen MR) is 93.6 cm³/mol. The first-order chi connectivity index (χ1) is 10.8. The van der Waals surface area contributed by atoms with Crippen molar-refractivity contribution in [2.24, 2.45) is 5.41 Å². The molecule has 2 aliphatic rings. The van der Waals surface area contributed by atoms with Gasteiger partial charge in [0, 0.05) is 24.2 Å². The fourth-order valence-corrected chi connectivity index (χ4v) is 5.29. The van der Waals surface area contributed by atoms with E-state index in [1.165, 1.54) is 42.9 Å². The Bertz CT molecular complexity index is 619. The monoisotopic (exact) mass is 353 g/mol. The molecule has 2 aromatic rings. The summed E-state index contributed by atoms with van der Waals surface area (Å²) >= 11 is 9.72. The maximum absolute atomic E-state index is 6.34. The van der Waals surface area contributed by atoms with Crippen LogP contribution in [0.5, 0.6) is 0 Å². The average Bonchev–Trinajstić information content (AvgIpc) is 2.90. The summed E-state index contributed by atoms with van der Waals surface area (Å²) in [4.78, 5) is 7.09. The molecule has 0 aromatic carbocycles. The number of thiazole rings is 1. The zero-order chi connectivity index (χ0) is 15.0.